The lowest BCUT2D eigenvalue weighted by Crippen LogP contribution is -2.18. The minimum absolute atomic E-state index is 0.0434. The number of pyridine rings is 2. The summed E-state index contributed by atoms with van der Waals surface area (Å²) in [6, 6.07) is 2.90. The molecule has 0 saturated carbocycles. The van der Waals surface area contributed by atoms with Crippen molar-refractivity contribution in [3.05, 3.63) is 48.3 Å². The van der Waals surface area contributed by atoms with Crippen molar-refractivity contribution in [3.63, 3.8) is 0 Å². The lowest BCUT2D eigenvalue weighted by Gasteiger charge is -2.09. The van der Waals surface area contributed by atoms with Crippen LogP contribution in [-0.2, 0) is 0 Å². The highest BCUT2D eigenvalue weighted by atomic mass is 19.1. The molecule has 4 N–H and O–H groups in total. The van der Waals surface area contributed by atoms with E-state index >= 15 is 0 Å². The normalized spacial score (nSPS) is 9.89. The smallest absolute Gasteiger partial charge is 0.259 e. The van der Waals surface area contributed by atoms with E-state index in [1.807, 2.05) is 0 Å². The summed E-state index contributed by atoms with van der Waals surface area (Å²) in [6.07, 6.45) is 5.22. The van der Waals surface area contributed by atoms with E-state index < -0.39 is 11.7 Å². The van der Waals surface area contributed by atoms with Gasteiger partial charge in [0.2, 0.25) is 0 Å². The number of hydrogen-bond donors (Lipinski definition) is 3. The monoisotopic (exact) mass is 247 g/mol. The number of nitrogens with two attached hydrogens (primary N) is 1. The van der Waals surface area contributed by atoms with E-state index in [9.17, 15) is 9.18 Å². The molecule has 18 heavy (non-hydrogen) atoms. The Kier molecular flexibility index (Phi) is 3.44. The predicted molar refractivity (Wildman–Crippen MR) is 64.2 cm³/mol. The van der Waals surface area contributed by atoms with Crippen LogP contribution in [0.25, 0.3) is 0 Å². The first kappa shape index (κ1) is 11.9. The van der Waals surface area contributed by atoms with Crippen LogP contribution in [0.15, 0.2) is 36.9 Å². The third-order valence-corrected chi connectivity index (χ3v) is 2.24. The van der Waals surface area contributed by atoms with Crippen molar-refractivity contribution in [2.45, 2.75) is 0 Å². The molecule has 0 aliphatic carbocycles. The highest BCUT2D eigenvalue weighted by Crippen LogP contribution is 2.16. The lowest BCUT2D eigenvalue weighted by atomic mass is 10.2. The maximum atomic E-state index is 13.3. The Labute approximate surface area is 102 Å². The van der Waals surface area contributed by atoms with Gasteiger partial charge in [-0.1, -0.05) is 0 Å². The third-order valence-electron chi connectivity index (χ3n) is 2.24. The van der Waals surface area contributed by atoms with Gasteiger partial charge in [-0.05, 0) is 12.1 Å². The number of carbonyl (C=O) groups excluding carboxylic acids is 1. The lowest BCUT2D eigenvalue weighted by molar-refractivity contribution is 0.102. The molecule has 0 unspecified atom stereocenters. The molecular weight excluding hydrogens is 237 g/mol. The number of rotatable bonds is 3. The van der Waals surface area contributed by atoms with Crippen molar-refractivity contribution in [1.29, 1.82) is 0 Å². The third kappa shape index (κ3) is 2.41. The van der Waals surface area contributed by atoms with Crippen molar-refractivity contribution in [1.82, 2.24) is 9.97 Å². The van der Waals surface area contributed by atoms with E-state index in [-0.39, 0.29) is 11.3 Å². The van der Waals surface area contributed by atoms with Gasteiger partial charge in [0.25, 0.3) is 5.91 Å². The van der Waals surface area contributed by atoms with E-state index in [1.54, 1.807) is 0 Å². The molecular formula is C11H10FN5O. The number of amides is 1. The Bertz CT molecular complexity index is 575. The van der Waals surface area contributed by atoms with Crippen LogP contribution in [0.3, 0.4) is 0 Å². The fraction of sp³-hybridized carbons (Fsp3) is 0. The topological polar surface area (TPSA) is 92.9 Å². The van der Waals surface area contributed by atoms with Crippen LogP contribution in [0.2, 0.25) is 0 Å². The first-order chi connectivity index (χ1) is 8.72. The molecule has 2 aromatic rings. The van der Waals surface area contributed by atoms with E-state index in [1.165, 1.54) is 30.7 Å². The van der Waals surface area contributed by atoms with Crippen LogP contribution in [0.4, 0.5) is 15.8 Å². The zero-order chi connectivity index (χ0) is 13.0. The highest BCUT2D eigenvalue weighted by molar-refractivity contribution is 6.07. The number of hydrazine groups is 1. The van der Waals surface area contributed by atoms with E-state index in [0.29, 0.717) is 5.69 Å². The molecule has 2 heterocycles. The van der Waals surface area contributed by atoms with E-state index in [2.05, 4.69) is 20.7 Å². The van der Waals surface area contributed by atoms with E-state index in [4.69, 9.17) is 5.84 Å². The summed E-state index contributed by atoms with van der Waals surface area (Å²) in [5, 5.41) is 2.41. The molecule has 0 fully saturated rings. The van der Waals surface area contributed by atoms with Gasteiger partial charge in [0, 0.05) is 18.6 Å². The van der Waals surface area contributed by atoms with E-state index in [0.717, 1.165) is 6.20 Å². The Morgan fingerprint density at radius 2 is 1.83 bits per heavy atom. The molecule has 92 valence electrons. The van der Waals surface area contributed by atoms with Gasteiger partial charge in [-0.15, -0.1) is 0 Å². The number of halogens is 1. The molecule has 0 aliphatic rings. The molecule has 2 rings (SSSR count). The zero-order valence-corrected chi connectivity index (χ0v) is 9.22. The molecule has 0 spiro atoms. The Morgan fingerprint density at radius 3 is 2.50 bits per heavy atom. The largest absolute Gasteiger partial charge is 0.323 e. The van der Waals surface area contributed by atoms with Gasteiger partial charge in [-0.3, -0.25) is 20.6 Å². The molecule has 0 radical (unpaired) electrons. The SMILES string of the molecule is NNc1ccncc1C(=O)Nc1ccncc1F. The minimum atomic E-state index is -0.614. The number of nitrogens with one attached hydrogen (secondary N) is 2. The van der Waals surface area contributed by atoms with Gasteiger partial charge < -0.3 is 10.7 Å². The Balaban J connectivity index is 2.25. The van der Waals surface area contributed by atoms with Gasteiger partial charge >= 0.3 is 0 Å². The first-order valence-electron chi connectivity index (χ1n) is 5.04. The number of hydrogen-bond acceptors (Lipinski definition) is 5. The number of nitrogens with zero attached hydrogens (tertiary/aromatic N) is 2. The van der Waals surface area contributed by atoms with Crippen LogP contribution < -0.4 is 16.6 Å². The highest BCUT2D eigenvalue weighted by Gasteiger charge is 2.12. The number of aromatic nitrogens is 2. The van der Waals surface area contributed by atoms with Gasteiger partial charge in [0.1, 0.15) is 0 Å². The molecule has 0 aliphatic heterocycles. The molecule has 0 bridgehead atoms. The fourth-order valence-corrected chi connectivity index (χ4v) is 1.37. The summed E-state index contributed by atoms with van der Waals surface area (Å²) in [5.74, 6) is 4.14. The number of anilines is 2. The fourth-order valence-electron chi connectivity index (χ4n) is 1.37. The molecule has 7 heteroatoms. The molecule has 0 aromatic carbocycles. The van der Waals surface area contributed by atoms with Crippen LogP contribution in [0.1, 0.15) is 10.4 Å². The summed E-state index contributed by atoms with van der Waals surface area (Å²) in [6.45, 7) is 0. The van der Waals surface area contributed by atoms with Crippen LogP contribution >= 0.6 is 0 Å². The van der Waals surface area contributed by atoms with Crippen molar-refractivity contribution in [2.75, 3.05) is 10.7 Å². The van der Waals surface area contributed by atoms with Crippen LogP contribution in [0.5, 0.6) is 0 Å². The van der Waals surface area contributed by atoms with Crippen molar-refractivity contribution in [3.8, 4) is 0 Å². The summed E-state index contributed by atoms with van der Waals surface area (Å²) < 4.78 is 13.3. The molecule has 1 amide bonds. The van der Waals surface area contributed by atoms with Crippen LogP contribution in [0, 0.1) is 5.82 Å². The minimum Gasteiger partial charge on any atom is -0.323 e. The number of nitrogen functional groups attached to an aromatic ring is 1. The summed E-state index contributed by atoms with van der Waals surface area (Å²) in [4.78, 5) is 19.3. The van der Waals surface area contributed by atoms with Gasteiger partial charge in [0.15, 0.2) is 5.82 Å². The van der Waals surface area contributed by atoms with Gasteiger partial charge in [-0.2, -0.15) is 0 Å². The Hall–Kier alpha value is -2.54. The number of carbonyl (C=O) groups is 1. The average Bonchev–Trinajstić information content (AvgIpc) is 2.41. The van der Waals surface area contributed by atoms with Gasteiger partial charge in [-0.25, -0.2) is 4.39 Å². The predicted octanol–water partition coefficient (Wildman–Crippen LogP) is 1.15. The zero-order valence-electron chi connectivity index (χ0n) is 9.22. The quantitative estimate of drug-likeness (QED) is 0.559. The summed E-state index contributed by atoms with van der Waals surface area (Å²) in [5.41, 5.74) is 3.03. The second-order valence-corrected chi connectivity index (χ2v) is 3.38. The average molecular weight is 247 g/mol. The maximum Gasteiger partial charge on any atom is 0.259 e. The summed E-state index contributed by atoms with van der Waals surface area (Å²) >= 11 is 0. The maximum absolute atomic E-state index is 13.3. The molecule has 2 aromatic heterocycles. The first-order valence-corrected chi connectivity index (χ1v) is 5.04. The van der Waals surface area contributed by atoms with Gasteiger partial charge in [0.05, 0.1) is 23.1 Å². The second-order valence-electron chi connectivity index (χ2n) is 3.38. The molecule has 0 atom stereocenters. The summed E-state index contributed by atoms with van der Waals surface area (Å²) in [7, 11) is 0. The van der Waals surface area contributed by atoms with Crippen LogP contribution in [-0.4, -0.2) is 15.9 Å². The van der Waals surface area contributed by atoms with Crippen molar-refractivity contribution in [2.24, 2.45) is 5.84 Å². The second kappa shape index (κ2) is 5.19. The standard InChI is InChI=1S/C11H10FN5O/c12-8-6-15-4-2-10(8)16-11(18)7-5-14-3-1-9(7)17-13/h1-6H,13H2,(H,14,17)(H,15,16,18). The van der Waals surface area contributed by atoms with Crippen molar-refractivity contribution >= 4 is 17.3 Å². The molecule has 6 nitrogen and oxygen atoms in total. The Morgan fingerprint density at radius 1 is 1.17 bits per heavy atom. The van der Waals surface area contributed by atoms with Crippen molar-refractivity contribution < 1.29 is 9.18 Å². The molecule has 0 saturated heterocycles.